The van der Waals surface area contributed by atoms with E-state index in [1.165, 1.54) is 5.06 Å². The molecule has 0 aliphatic carbocycles. The number of ether oxygens (including phenoxy) is 2. The van der Waals surface area contributed by atoms with Crippen molar-refractivity contribution in [1.29, 1.82) is 0 Å². The Hall–Kier alpha value is -4.60. The minimum absolute atomic E-state index is 0.0228. The standard InChI is InChI=1S/C32H31N5O4/c1-22-29(36(20-33-22)16-23-9-10-30-31(15-23)41-21-40-30)19-34-17-27(26-8-4-6-24-5-2-3-7-25(24)26)28(18-34)32(38)35-11-13-37(39)14-12-35/h2-10,15,17-18,20,39H,11-14,16,19,21H2,1H3. The SMILES string of the molecule is Cc1ncn(Cc2ccc3c(c2)OCO3)c1Cn1cc(C(=O)N2CCN(O)CC2)c(-c2cccc3ccccc23)c1. The summed E-state index contributed by atoms with van der Waals surface area (Å²) in [5, 5.41) is 13.4. The van der Waals surface area contributed by atoms with Crippen LogP contribution in [0.3, 0.4) is 0 Å². The number of carbonyl (C=O) groups is 1. The van der Waals surface area contributed by atoms with E-state index >= 15 is 0 Å². The zero-order chi connectivity index (χ0) is 27.9. The average Bonchev–Trinajstić information content (AvgIpc) is 3.72. The van der Waals surface area contributed by atoms with Crippen molar-refractivity contribution in [3.8, 4) is 22.6 Å². The molecule has 2 aliphatic rings. The smallest absolute Gasteiger partial charge is 0.256 e. The predicted molar refractivity (Wildman–Crippen MR) is 154 cm³/mol. The summed E-state index contributed by atoms with van der Waals surface area (Å²) in [7, 11) is 0. The van der Waals surface area contributed by atoms with Gasteiger partial charge < -0.3 is 28.7 Å². The number of aryl methyl sites for hydroxylation is 1. The molecule has 0 spiro atoms. The van der Waals surface area contributed by atoms with Gasteiger partial charge in [-0.25, -0.2) is 4.98 Å². The number of benzene rings is 3. The third-order valence-corrected chi connectivity index (χ3v) is 8.01. The molecule has 1 saturated heterocycles. The van der Waals surface area contributed by atoms with Crippen LogP contribution >= 0.6 is 0 Å². The zero-order valence-electron chi connectivity index (χ0n) is 22.9. The van der Waals surface area contributed by atoms with Gasteiger partial charge in [0.2, 0.25) is 6.79 Å². The molecule has 1 amide bonds. The second-order valence-electron chi connectivity index (χ2n) is 10.6. The average molecular weight is 550 g/mol. The molecule has 208 valence electrons. The number of imidazole rings is 1. The van der Waals surface area contributed by atoms with Gasteiger partial charge in [-0.2, -0.15) is 5.06 Å². The van der Waals surface area contributed by atoms with Crippen molar-refractivity contribution in [2.24, 2.45) is 0 Å². The van der Waals surface area contributed by atoms with Gasteiger partial charge in [-0.15, -0.1) is 0 Å². The van der Waals surface area contributed by atoms with E-state index in [2.05, 4.69) is 44.6 Å². The van der Waals surface area contributed by atoms with Crippen LogP contribution in [-0.2, 0) is 13.1 Å². The monoisotopic (exact) mass is 549 g/mol. The molecule has 2 aliphatic heterocycles. The van der Waals surface area contributed by atoms with E-state index in [9.17, 15) is 10.0 Å². The van der Waals surface area contributed by atoms with E-state index in [1.54, 1.807) is 0 Å². The van der Waals surface area contributed by atoms with Crippen molar-refractivity contribution < 1.29 is 19.5 Å². The Morgan fingerprint density at radius 3 is 2.59 bits per heavy atom. The predicted octanol–water partition coefficient (Wildman–Crippen LogP) is 4.79. The van der Waals surface area contributed by atoms with Gasteiger partial charge in [0.1, 0.15) is 0 Å². The zero-order valence-corrected chi connectivity index (χ0v) is 22.9. The number of hydrogen-bond acceptors (Lipinski definition) is 6. The van der Waals surface area contributed by atoms with E-state index < -0.39 is 0 Å². The fraction of sp³-hybridized carbons (Fsp3) is 0.250. The van der Waals surface area contributed by atoms with Crippen molar-refractivity contribution in [1.82, 2.24) is 24.1 Å². The van der Waals surface area contributed by atoms with E-state index in [-0.39, 0.29) is 12.7 Å². The van der Waals surface area contributed by atoms with Crippen molar-refractivity contribution in [3.05, 3.63) is 102 Å². The first-order chi connectivity index (χ1) is 20.0. The Morgan fingerprint density at radius 2 is 1.71 bits per heavy atom. The Kier molecular flexibility index (Phi) is 6.45. The second kappa shape index (κ2) is 10.4. The van der Waals surface area contributed by atoms with Crippen molar-refractivity contribution in [3.63, 3.8) is 0 Å². The molecule has 0 atom stereocenters. The Balaban J connectivity index is 1.25. The highest BCUT2D eigenvalue weighted by Crippen LogP contribution is 2.34. The van der Waals surface area contributed by atoms with Crippen LogP contribution in [0.25, 0.3) is 21.9 Å². The first-order valence-corrected chi connectivity index (χ1v) is 13.8. The quantitative estimate of drug-likeness (QED) is 0.328. The highest BCUT2D eigenvalue weighted by Gasteiger charge is 2.26. The summed E-state index contributed by atoms with van der Waals surface area (Å²) >= 11 is 0. The topological polar surface area (TPSA) is 85.0 Å². The summed E-state index contributed by atoms with van der Waals surface area (Å²) in [4.78, 5) is 20.3. The summed E-state index contributed by atoms with van der Waals surface area (Å²) < 4.78 is 15.3. The Morgan fingerprint density at radius 1 is 0.902 bits per heavy atom. The molecule has 0 unspecified atom stereocenters. The summed E-state index contributed by atoms with van der Waals surface area (Å²) in [6.45, 7) is 5.31. The number of rotatable bonds is 6. The number of carbonyl (C=O) groups excluding carboxylic acids is 1. The van der Waals surface area contributed by atoms with Crippen LogP contribution in [-0.4, -0.2) is 68.2 Å². The summed E-state index contributed by atoms with van der Waals surface area (Å²) in [6.07, 6.45) is 5.90. The van der Waals surface area contributed by atoms with Crippen molar-refractivity contribution >= 4 is 16.7 Å². The molecule has 9 nitrogen and oxygen atoms in total. The number of hydrogen-bond donors (Lipinski definition) is 1. The number of nitrogens with zero attached hydrogens (tertiary/aromatic N) is 5. The normalized spacial score (nSPS) is 15.1. The first kappa shape index (κ1) is 25.4. The first-order valence-electron chi connectivity index (χ1n) is 13.8. The number of aromatic nitrogens is 3. The highest BCUT2D eigenvalue weighted by molar-refractivity contribution is 6.06. The van der Waals surface area contributed by atoms with Gasteiger partial charge >= 0.3 is 0 Å². The maximum absolute atomic E-state index is 13.9. The molecular formula is C32H31N5O4. The molecule has 2 aromatic heterocycles. The molecular weight excluding hydrogens is 518 g/mol. The van der Waals surface area contributed by atoms with Gasteiger partial charge in [0.25, 0.3) is 5.91 Å². The maximum Gasteiger partial charge on any atom is 0.256 e. The molecule has 0 bridgehead atoms. The van der Waals surface area contributed by atoms with Crippen LogP contribution in [0, 0.1) is 6.92 Å². The van der Waals surface area contributed by atoms with E-state index in [4.69, 9.17) is 9.47 Å². The number of amides is 1. The van der Waals surface area contributed by atoms with E-state index in [1.807, 2.05) is 60.7 Å². The van der Waals surface area contributed by atoms with Crippen LogP contribution < -0.4 is 9.47 Å². The molecule has 1 N–H and O–H groups in total. The Labute approximate surface area is 237 Å². The van der Waals surface area contributed by atoms with E-state index in [0.717, 1.165) is 50.3 Å². The lowest BCUT2D eigenvalue weighted by Gasteiger charge is -2.31. The molecule has 0 saturated carbocycles. The third-order valence-electron chi connectivity index (χ3n) is 8.01. The molecule has 5 aromatic rings. The lowest BCUT2D eigenvalue weighted by atomic mass is 9.97. The van der Waals surface area contributed by atoms with Crippen LogP contribution in [0.15, 0.2) is 79.4 Å². The van der Waals surface area contributed by atoms with Gasteiger partial charge in [-0.05, 0) is 41.0 Å². The van der Waals surface area contributed by atoms with Gasteiger partial charge in [0.05, 0.1) is 29.8 Å². The maximum atomic E-state index is 13.9. The number of fused-ring (bicyclic) bond motifs is 2. The summed E-state index contributed by atoms with van der Waals surface area (Å²) in [5.74, 6) is 1.50. The lowest BCUT2D eigenvalue weighted by molar-refractivity contribution is -0.112. The fourth-order valence-electron chi connectivity index (χ4n) is 5.77. The van der Waals surface area contributed by atoms with Gasteiger partial charge in [-0.3, -0.25) is 4.79 Å². The van der Waals surface area contributed by atoms with Crippen LogP contribution in [0.4, 0.5) is 0 Å². The van der Waals surface area contributed by atoms with Gasteiger partial charge in [-0.1, -0.05) is 48.5 Å². The summed E-state index contributed by atoms with van der Waals surface area (Å²) in [6, 6.07) is 20.5. The molecule has 1 fully saturated rings. The Bertz CT molecular complexity index is 1740. The fourth-order valence-corrected chi connectivity index (χ4v) is 5.77. The third kappa shape index (κ3) is 4.83. The van der Waals surface area contributed by atoms with Gasteiger partial charge in [0.15, 0.2) is 11.5 Å². The summed E-state index contributed by atoms with van der Waals surface area (Å²) in [5.41, 5.74) is 5.69. The number of piperazine rings is 1. The van der Waals surface area contributed by atoms with Crippen molar-refractivity contribution in [2.45, 2.75) is 20.0 Å². The largest absolute Gasteiger partial charge is 0.454 e. The van der Waals surface area contributed by atoms with Gasteiger partial charge in [0, 0.05) is 50.7 Å². The molecule has 3 aromatic carbocycles. The minimum Gasteiger partial charge on any atom is -0.454 e. The van der Waals surface area contributed by atoms with Crippen LogP contribution in [0.5, 0.6) is 11.5 Å². The molecule has 4 heterocycles. The van der Waals surface area contributed by atoms with Crippen LogP contribution in [0.1, 0.15) is 27.3 Å². The lowest BCUT2D eigenvalue weighted by Crippen LogP contribution is -2.47. The molecule has 9 heteroatoms. The van der Waals surface area contributed by atoms with E-state index in [0.29, 0.717) is 44.8 Å². The van der Waals surface area contributed by atoms with Crippen LogP contribution in [0.2, 0.25) is 0 Å². The molecule has 41 heavy (non-hydrogen) atoms. The second-order valence-corrected chi connectivity index (χ2v) is 10.6. The highest BCUT2D eigenvalue weighted by atomic mass is 16.7. The number of hydroxylamine groups is 2. The molecule has 0 radical (unpaired) electrons. The van der Waals surface area contributed by atoms with Crippen molar-refractivity contribution in [2.75, 3.05) is 33.0 Å². The molecule has 7 rings (SSSR count). The minimum atomic E-state index is -0.0228.